The molecule has 1 amide bonds. The molecule has 0 heterocycles. The van der Waals surface area contributed by atoms with E-state index in [2.05, 4.69) is 10.5 Å². The lowest BCUT2D eigenvalue weighted by molar-refractivity contribution is 0.157. The fourth-order valence-electron chi connectivity index (χ4n) is 0.355. The molecule has 6 heteroatoms. The highest BCUT2D eigenvalue weighted by Crippen LogP contribution is 1.84. The molecule has 0 saturated heterocycles. The van der Waals surface area contributed by atoms with Gasteiger partial charge in [-0.15, -0.1) is 0 Å². The van der Waals surface area contributed by atoms with Gasteiger partial charge >= 0.3 is 6.09 Å². The minimum absolute atomic E-state index is 0.0988. The number of primary amides is 1. The zero-order valence-corrected chi connectivity index (χ0v) is 6.10. The molecule has 0 aromatic heterocycles. The number of carbonyl (C=O) groups is 1. The first-order chi connectivity index (χ1) is 4.63. The van der Waals surface area contributed by atoms with Crippen LogP contribution in [0.4, 0.5) is 4.79 Å². The molecule has 0 aliphatic heterocycles. The normalized spacial score (nSPS) is 12.5. The fraction of sp³-hybridized carbons (Fsp3) is 0.750. The molecule has 1 unspecified atom stereocenters. The molecular formula is C4H9NO4S. The van der Waals surface area contributed by atoms with Gasteiger partial charge in [-0.05, 0) is 6.42 Å². The molecule has 3 N–H and O–H groups in total. The SMILES string of the molecule is NC(=O)OCCCS(=O)O. The second-order valence-corrected chi connectivity index (χ2v) is 2.60. The molecule has 0 aromatic carbocycles. The van der Waals surface area contributed by atoms with Crippen molar-refractivity contribution in [3.05, 3.63) is 0 Å². The van der Waals surface area contributed by atoms with Gasteiger partial charge in [0.25, 0.3) is 0 Å². The maximum atomic E-state index is 9.98. The number of hydrogen-bond acceptors (Lipinski definition) is 3. The third kappa shape index (κ3) is 7.38. The largest absolute Gasteiger partial charge is 0.450 e. The fourth-order valence-corrected chi connectivity index (χ4v) is 0.720. The Balaban J connectivity index is 3.06. The van der Waals surface area contributed by atoms with Gasteiger partial charge in [-0.3, -0.25) is 0 Å². The van der Waals surface area contributed by atoms with Gasteiger partial charge in [0.15, 0.2) is 11.1 Å². The van der Waals surface area contributed by atoms with Crippen LogP contribution in [0.5, 0.6) is 0 Å². The summed E-state index contributed by atoms with van der Waals surface area (Å²) < 4.78 is 22.5. The van der Waals surface area contributed by atoms with Crippen LogP contribution in [-0.4, -0.2) is 27.2 Å². The Labute approximate surface area is 60.8 Å². The Morgan fingerprint density at radius 1 is 1.70 bits per heavy atom. The van der Waals surface area contributed by atoms with Gasteiger partial charge in [-0.1, -0.05) is 0 Å². The van der Waals surface area contributed by atoms with E-state index in [0.29, 0.717) is 6.42 Å². The minimum Gasteiger partial charge on any atom is -0.450 e. The summed E-state index contributed by atoms with van der Waals surface area (Å²) in [7, 11) is 0. The molecule has 0 spiro atoms. The molecule has 0 saturated carbocycles. The van der Waals surface area contributed by atoms with Crippen LogP contribution in [0, 0.1) is 0 Å². The number of rotatable bonds is 4. The second kappa shape index (κ2) is 5.19. The van der Waals surface area contributed by atoms with Gasteiger partial charge in [0.2, 0.25) is 0 Å². The van der Waals surface area contributed by atoms with Crippen molar-refractivity contribution in [2.75, 3.05) is 12.4 Å². The Hall–Kier alpha value is -0.620. The average molecular weight is 167 g/mol. The Morgan fingerprint density at radius 2 is 2.30 bits per heavy atom. The molecule has 0 fully saturated rings. The van der Waals surface area contributed by atoms with E-state index >= 15 is 0 Å². The van der Waals surface area contributed by atoms with Gasteiger partial charge in [-0.2, -0.15) is 0 Å². The van der Waals surface area contributed by atoms with Crippen molar-refractivity contribution in [2.24, 2.45) is 5.73 Å². The quantitative estimate of drug-likeness (QED) is 0.444. The van der Waals surface area contributed by atoms with E-state index in [1.807, 2.05) is 0 Å². The molecule has 0 radical (unpaired) electrons. The molecule has 60 valence electrons. The van der Waals surface area contributed by atoms with Gasteiger partial charge in [0, 0.05) is 0 Å². The molecular weight excluding hydrogens is 158 g/mol. The van der Waals surface area contributed by atoms with Gasteiger partial charge in [-0.25, -0.2) is 9.00 Å². The molecule has 10 heavy (non-hydrogen) atoms. The maximum absolute atomic E-state index is 9.98. The van der Waals surface area contributed by atoms with E-state index in [9.17, 15) is 9.00 Å². The van der Waals surface area contributed by atoms with Crippen molar-refractivity contribution < 1.29 is 18.3 Å². The van der Waals surface area contributed by atoms with Gasteiger partial charge in [0.1, 0.15) is 0 Å². The van der Waals surface area contributed by atoms with Crippen LogP contribution in [0.3, 0.4) is 0 Å². The summed E-state index contributed by atoms with van der Waals surface area (Å²) in [6.07, 6.45) is -0.504. The van der Waals surface area contributed by atoms with Crippen LogP contribution in [0.25, 0.3) is 0 Å². The topological polar surface area (TPSA) is 89.6 Å². The minimum atomic E-state index is -1.81. The summed E-state index contributed by atoms with van der Waals surface area (Å²) in [5, 5.41) is 0. The molecule has 5 nitrogen and oxygen atoms in total. The summed E-state index contributed by atoms with van der Waals surface area (Å²) in [6.45, 7) is 0.0988. The van der Waals surface area contributed by atoms with E-state index < -0.39 is 17.2 Å². The summed E-state index contributed by atoms with van der Waals surface area (Å²) >= 11 is -1.81. The van der Waals surface area contributed by atoms with Crippen LogP contribution in [0.1, 0.15) is 6.42 Å². The summed E-state index contributed by atoms with van der Waals surface area (Å²) in [6, 6.07) is 0. The first kappa shape index (κ1) is 9.38. The lowest BCUT2D eigenvalue weighted by Gasteiger charge is -1.97. The van der Waals surface area contributed by atoms with Crippen LogP contribution < -0.4 is 5.73 Å². The second-order valence-electron chi connectivity index (χ2n) is 1.55. The third-order valence-electron chi connectivity index (χ3n) is 0.708. The van der Waals surface area contributed by atoms with Crippen LogP contribution >= 0.6 is 0 Å². The highest BCUT2D eigenvalue weighted by atomic mass is 32.2. The van der Waals surface area contributed by atoms with Crippen molar-refractivity contribution in [2.45, 2.75) is 6.42 Å². The number of ether oxygens (including phenoxy) is 1. The molecule has 1 atom stereocenters. The number of nitrogens with two attached hydrogens (primary N) is 1. The van der Waals surface area contributed by atoms with Crippen molar-refractivity contribution in [3.63, 3.8) is 0 Å². The Morgan fingerprint density at radius 3 is 2.70 bits per heavy atom. The molecule has 0 aliphatic rings. The number of hydrogen-bond donors (Lipinski definition) is 2. The van der Waals surface area contributed by atoms with Crippen LogP contribution in [0.15, 0.2) is 0 Å². The number of amides is 1. The molecule has 0 rings (SSSR count). The Bertz CT molecular complexity index is 121. The highest BCUT2D eigenvalue weighted by molar-refractivity contribution is 7.79. The predicted octanol–water partition coefficient (Wildman–Crippen LogP) is -0.306. The Kier molecular flexibility index (Phi) is 4.87. The molecule has 0 bridgehead atoms. The number of carbonyl (C=O) groups excluding carboxylic acids is 1. The van der Waals surface area contributed by atoms with E-state index in [4.69, 9.17) is 4.55 Å². The maximum Gasteiger partial charge on any atom is 0.404 e. The smallest absolute Gasteiger partial charge is 0.404 e. The van der Waals surface area contributed by atoms with Crippen molar-refractivity contribution in [1.29, 1.82) is 0 Å². The highest BCUT2D eigenvalue weighted by Gasteiger charge is 1.95. The summed E-state index contributed by atoms with van der Waals surface area (Å²) in [5.41, 5.74) is 4.61. The zero-order chi connectivity index (χ0) is 7.98. The standard InChI is InChI=1S/C4H9NO4S/c5-4(6)9-2-1-3-10(7)8/h1-3H2,(H2,5,6)(H,7,8). The average Bonchev–Trinajstić information content (AvgIpc) is 1.79. The van der Waals surface area contributed by atoms with Crippen LogP contribution in [0.2, 0.25) is 0 Å². The van der Waals surface area contributed by atoms with E-state index in [1.165, 1.54) is 0 Å². The molecule has 0 aromatic rings. The lowest BCUT2D eigenvalue weighted by Crippen LogP contribution is -2.14. The monoisotopic (exact) mass is 167 g/mol. The van der Waals surface area contributed by atoms with Gasteiger partial charge in [0.05, 0.1) is 12.4 Å². The van der Waals surface area contributed by atoms with E-state index in [-0.39, 0.29) is 12.4 Å². The van der Waals surface area contributed by atoms with E-state index in [0.717, 1.165) is 0 Å². The lowest BCUT2D eigenvalue weighted by atomic mass is 10.5. The summed E-state index contributed by atoms with van der Waals surface area (Å²) in [5.74, 6) is 0.104. The first-order valence-electron chi connectivity index (χ1n) is 2.62. The third-order valence-corrected chi connectivity index (χ3v) is 1.35. The first-order valence-corrected chi connectivity index (χ1v) is 3.90. The van der Waals surface area contributed by atoms with Gasteiger partial charge < -0.3 is 15.0 Å². The van der Waals surface area contributed by atoms with Crippen molar-refractivity contribution in [1.82, 2.24) is 0 Å². The predicted molar refractivity (Wildman–Crippen MR) is 35.8 cm³/mol. The zero-order valence-electron chi connectivity index (χ0n) is 5.28. The van der Waals surface area contributed by atoms with E-state index in [1.54, 1.807) is 0 Å². The summed E-state index contributed by atoms with van der Waals surface area (Å²) in [4.78, 5) is 9.91. The van der Waals surface area contributed by atoms with Crippen molar-refractivity contribution in [3.8, 4) is 0 Å². The van der Waals surface area contributed by atoms with Crippen molar-refractivity contribution >= 4 is 17.2 Å². The molecule has 0 aliphatic carbocycles. The van der Waals surface area contributed by atoms with Crippen LogP contribution in [-0.2, 0) is 15.8 Å².